The molecule has 0 radical (unpaired) electrons. The Bertz CT molecular complexity index is 2860. The lowest BCUT2D eigenvalue weighted by atomic mass is 10.1. The first-order valence-corrected chi connectivity index (χ1v) is 31.8. The van der Waals surface area contributed by atoms with Crippen LogP contribution in [0.1, 0.15) is 202 Å². The van der Waals surface area contributed by atoms with E-state index in [1.54, 1.807) is 84.9 Å². The summed E-state index contributed by atoms with van der Waals surface area (Å²) in [6.45, 7) is 6.06. The van der Waals surface area contributed by atoms with Gasteiger partial charge in [-0.1, -0.05) is 155 Å². The molecule has 0 heterocycles. The number of carbonyl (C=O) groups is 2. The first-order chi connectivity index (χ1) is 43.1. The number of carbonyl (C=O) groups excluding carboxylic acids is 2. The number of rotatable bonds is 45. The summed E-state index contributed by atoms with van der Waals surface area (Å²) >= 11 is 0. The molecule has 0 atom stereocenters. The molecule has 6 aromatic carbocycles. The van der Waals surface area contributed by atoms with Crippen LogP contribution in [0.25, 0.3) is 0 Å². The molecule has 0 aliphatic rings. The summed E-state index contributed by atoms with van der Waals surface area (Å²) in [5, 5.41) is 39.7. The molecule has 0 N–H and O–H groups in total. The van der Waals surface area contributed by atoms with Crippen LogP contribution >= 0.6 is 0 Å². The second kappa shape index (κ2) is 40.8. The van der Waals surface area contributed by atoms with E-state index in [9.17, 15) is 29.8 Å². The highest BCUT2D eigenvalue weighted by Crippen LogP contribution is 2.36. The van der Waals surface area contributed by atoms with Gasteiger partial charge >= 0.3 is 11.9 Å². The van der Waals surface area contributed by atoms with E-state index in [1.165, 1.54) is 177 Å². The van der Waals surface area contributed by atoms with Gasteiger partial charge in [0.25, 0.3) is 11.4 Å². The predicted octanol–water partition coefficient (Wildman–Crippen LogP) is 21.2. The summed E-state index contributed by atoms with van der Waals surface area (Å²) in [6, 6.07) is 34.3. The van der Waals surface area contributed by atoms with Crippen molar-refractivity contribution in [3.8, 4) is 34.5 Å². The van der Waals surface area contributed by atoms with Crippen LogP contribution in [0.3, 0.4) is 0 Å². The molecule has 18 heteroatoms. The minimum atomic E-state index is -0.583. The van der Waals surface area contributed by atoms with Crippen molar-refractivity contribution >= 4 is 46.1 Å². The fourth-order valence-electron chi connectivity index (χ4n) is 9.56. The van der Waals surface area contributed by atoms with Gasteiger partial charge in [-0.3, -0.25) is 20.2 Å². The highest BCUT2D eigenvalue weighted by Gasteiger charge is 2.16. The largest absolute Gasteiger partial charge is 0.494 e. The van der Waals surface area contributed by atoms with Gasteiger partial charge in [-0.05, 0) is 123 Å². The number of unbranched alkanes of at least 4 members (excludes halogenated alkanes) is 23. The van der Waals surface area contributed by atoms with Crippen LogP contribution in [0, 0.1) is 20.2 Å². The van der Waals surface area contributed by atoms with E-state index in [0.29, 0.717) is 71.4 Å². The third-order valence-corrected chi connectivity index (χ3v) is 14.7. The molecule has 0 saturated carbocycles. The molecule has 18 nitrogen and oxygen atoms in total. The van der Waals surface area contributed by atoms with E-state index >= 15 is 0 Å². The fourth-order valence-corrected chi connectivity index (χ4v) is 9.56. The van der Waals surface area contributed by atoms with Crippen LogP contribution in [0.2, 0.25) is 0 Å². The molecule has 0 saturated heterocycles. The van der Waals surface area contributed by atoms with E-state index < -0.39 is 21.8 Å². The highest BCUT2D eigenvalue weighted by molar-refractivity contribution is 5.92. The second-order valence-corrected chi connectivity index (χ2v) is 21.9. The van der Waals surface area contributed by atoms with Crippen molar-refractivity contribution in [1.82, 2.24) is 0 Å². The molecule has 0 spiro atoms. The molecule has 470 valence electrons. The molecule has 0 aliphatic heterocycles. The second-order valence-electron chi connectivity index (χ2n) is 21.9. The van der Waals surface area contributed by atoms with Gasteiger partial charge in [0, 0.05) is 36.4 Å². The standard InChI is InChI=1S/C70H88N6O12/c1-3-5-7-9-11-13-15-17-19-21-23-25-49-83-61-41-29-55(30-42-61)69(77)87-63-45-47-65(73-71-57-33-37-59(38-34-57)75(79)80)67(53-63)85-51-27-28-52-86-68-54-64(46-48-66(68)74-72-58-35-39-60(40-36-58)76(81)82)88-70(78)56-31-43-62(44-32-56)84-50-26-24-22-20-18-16-14-12-10-8-6-4-2/h29-48,53-54H,3-28,49-52H2,1-2H3. The number of non-ortho nitro benzene ring substituents is 2. The maximum atomic E-state index is 13.4. The molecule has 88 heavy (non-hydrogen) atoms. The zero-order valence-corrected chi connectivity index (χ0v) is 51.5. The lowest BCUT2D eigenvalue weighted by molar-refractivity contribution is -0.385. The summed E-state index contributed by atoms with van der Waals surface area (Å²) in [5.41, 5.74) is 1.86. The Balaban J connectivity index is 1.01. The van der Waals surface area contributed by atoms with Gasteiger partial charge in [0.05, 0.1) is 58.8 Å². The molecular weight excluding hydrogens is 1120 g/mol. The normalized spacial score (nSPS) is 11.2. The molecule has 6 aromatic rings. The van der Waals surface area contributed by atoms with E-state index in [1.807, 2.05) is 0 Å². The van der Waals surface area contributed by atoms with Crippen molar-refractivity contribution in [2.24, 2.45) is 20.5 Å². The first kappa shape index (κ1) is 68.6. The Morgan fingerprint density at radius 3 is 0.943 bits per heavy atom. The van der Waals surface area contributed by atoms with Gasteiger partial charge < -0.3 is 28.4 Å². The third kappa shape index (κ3) is 26.6. The first-order valence-electron chi connectivity index (χ1n) is 31.8. The zero-order chi connectivity index (χ0) is 62.2. The number of nitro benzene ring substituents is 2. The number of benzene rings is 6. The van der Waals surface area contributed by atoms with Gasteiger partial charge in [-0.15, -0.1) is 10.2 Å². The summed E-state index contributed by atoms with van der Waals surface area (Å²) in [6.07, 6.45) is 31.3. The summed E-state index contributed by atoms with van der Waals surface area (Å²) in [7, 11) is 0. The van der Waals surface area contributed by atoms with Gasteiger partial charge in [0.15, 0.2) is 11.5 Å². The minimum absolute atomic E-state index is 0.0864. The average Bonchev–Trinajstić information content (AvgIpc) is 3.63. The monoisotopic (exact) mass is 1200 g/mol. The lowest BCUT2D eigenvalue weighted by Gasteiger charge is -2.13. The van der Waals surface area contributed by atoms with Crippen LogP contribution in [-0.2, 0) is 0 Å². The predicted molar refractivity (Wildman–Crippen MR) is 344 cm³/mol. The number of nitrogens with zero attached hydrogens (tertiary/aromatic N) is 6. The van der Waals surface area contributed by atoms with E-state index in [2.05, 4.69) is 34.3 Å². The van der Waals surface area contributed by atoms with Crippen molar-refractivity contribution in [2.45, 2.75) is 181 Å². The number of azo groups is 2. The summed E-state index contributed by atoms with van der Waals surface area (Å²) < 4.78 is 36.0. The number of hydrogen-bond donors (Lipinski definition) is 0. The molecule has 0 aromatic heterocycles. The molecule has 0 amide bonds. The minimum Gasteiger partial charge on any atom is -0.494 e. The van der Waals surface area contributed by atoms with Gasteiger partial charge in [0.1, 0.15) is 34.4 Å². The van der Waals surface area contributed by atoms with Gasteiger partial charge in [-0.25, -0.2) is 9.59 Å². The Hall–Kier alpha value is -8.54. The Morgan fingerprint density at radius 2 is 0.625 bits per heavy atom. The van der Waals surface area contributed by atoms with Gasteiger partial charge in [0.2, 0.25) is 0 Å². The van der Waals surface area contributed by atoms with E-state index in [-0.39, 0.29) is 47.6 Å². The number of nitro groups is 2. The average molecular weight is 1210 g/mol. The SMILES string of the molecule is CCCCCCCCCCCCCCOc1ccc(C(=O)Oc2ccc(N=Nc3ccc([N+](=O)[O-])cc3)c(OCCCCOc3cc(OC(=O)c4ccc(OCCCCCCCCCCCCCC)cc4)ccc3N=Nc3ccc([N+](=O)[O-])cc3)c2)cc1. The number of ether oxygens (including phenoxy) is 6. The quantitative estimate of drug-likeness (QED) is 0.00869. The Kier molecular flexibility index (Phi) is 31.8. The zero-order valence-electron chi connectivity index (χ0n) is 51.5. The van der Waals surface area contributed by atoms with Crippen molar-refractivity contribution in [1.29, 1.82) is 0 Å². The number of esters is 2. The lowest BCUT2D eigenvalue weighted by Crippen LogP contribution is -2.09. The Morgan fingerprint density at radius 1 is 0.341 bits per heavy atom. The molecule has 6 rings (SSSR count). The molecular formula is C70H88N6O12. The van der Waals surface area contributed by atoms with E-state index in [4.69, 9.17) is 28.4 Å². The maximum absolute atomic E-state index is 13.4. The van der Waals surface area contributed by atoms with Crippen molar-refractivity contribution in [3.05, 3.63) is 165 Å². The summed E-state index contributed by atoms with van der Waals surface area (Å²) in [4.78, 5) is 48.3. The van der Waals surface area contributed by atoms with Crippen LogP contribution in [0.15, 0.2) is 154 Å². The third-order valence-electron chi connectivity index (χ3n) is 14.7. The van der Waals surface area contributed by atoms with E-state index in [0.717, 1.165) is 25.7 Å². The maximum Gasteiger partial charge on any atom is 0.343 e. The molecule has 0 fully saturated rings. The topological polar surface area (TPSA) is 225 Å². The van der Waals surface area contributed by atoms with Crippen LogP contribution < -0.4 is 28.4 Å². The van der Waals surface area contributed by atoms with Crippen LogP contribution in [0.5, 0.6) is 34.5 Å². The summed E-state index contributed by atoms with van der Waals surface area (Å²) in [5.74, 6) is 1.11. The van der Waals surface area contributed by atoms with Crippen molar-refractivity contribution < 1.29 is 47.9 Å². The highest BCUT2D eigenvalue weighted by atomic mass is 16.6. The fraction of sp³-hybridized carbons (Fsp3) is 0.457. The molecule has 0 bridgehead atoms. The van der Waals surface area contributed by atoms with Crippen LogP contribution in [0.4, 0.5) is 34.1 Å². The molecule has 0 aliphatic carbocycles. The van der Waals surface area contributed by atoms with Gasteiger partial charge in [-0.2, -0.15) is 10.2 Å². The Labute approximate surface area is 518 Å². The molecule has 0 unspecified atom stereocenters. The van der Waals surface area contributed by atoms with Crippen LogP contribution in [-0.4, -0.2) is 48.2 Å². The van der Waals surface area contributed by atoms with Crippen molar-refractivity contribution in [2.75, 3.05) is 26.4 Å². The van der Waals surface area contributed by atoms with Crippen molar-refractivity contribution in [3.63, 3.8) is 0 Å². The smallest absolute Gasteiger partial charge is 0.343 e. The number of hydrogen-bond acceptors (Lipinski definition) is 16.